The molecule has 2 aliphatic rings. The summed E-state index contributed by atoms with van der Waals surface area (Å²) in [6.07, 6.45) is 14.7. The lowest BCUT2D eigenvalue weighted by atomic mass is 9.70. The van der Waals surface area contributed by atoms with E-state index in [2.05, 4.69) is 13.8 Å². The van der Waals surface area contributed by atoms with Crippen LogP contribution in [-0.4, -0.2) is 11.2 Å². The molecular formula is C18H34O. The van der Waals surface area contributed by atoms with Crippen LogP contribution in [0.2, 0.25) is 0 Å². The zero-order chi connectivity index (χ0) is 13.7. The molecule has 0 bridgehead atoms. The summed E-state index contributed by atoms with van der Waals surface area (Å²) in [6.45, 7) is 4.61. The Morgan fingerprint density at radius 2 is 1.26 bits per heavy atom. The maximum atomic E-state index is 10.7. The predicted octanol–water partition coefficient (Wildman–Crippen LogP) is 5.17. The molecule has 0 heterocycles. The number of rotatable bonds is 5. The fraction of sp³-hybridized carbons (Fsp3) is 1.00. The fourth-order valence-corrected chi connectivity index (χ4v) is 4.55. The Hall–Kier alpha value is -0.0400. The molecule has 2 fully saturated rings. The van der Waals surface area contributed by atoms with E-state index in [-0.39, 0.29) is 6.10 Å². The monoisotopic (exact) mass is 266 g/mol. The molecule has 0 radical (unpaired) electrons. The Balaban J connectivity index is 1.73. The molecule has 1 nitrogen and oxygen atoms in total. The molecule has 0 aromatic carbocycles. The largest absolute Gasteiger partial charge is 0.393 e. The van der Waals surface area contributed by atoms with Gasteiger partial charge in [0.25, 0.3) is 0 Å². The zero-order valence-electron chi connectivity index (χ0n) is 13.1. The van der Waals surface area contributed by atoms with E-state index in [1.165, 1.54) is 70.6 Å². The van der Waals surface area contributed by atoms with Gasteiger partial charge in [0, 0.05) is 0 Å². The molecule has 1 atom stereocenters. The summed E-state index contributed by atoms with van der Waals surface area (Å²) in [4.78, 5) is 0. The minimum absolute atomic E-state index is 0.0142. The minimum Gasteiger partial charge on any atom is -0.393 e. The lowest BCUT2D eigenvalue weighted by Gasteiger charge is -2.38. The third-order valence-corrected chi connectivity index (χ3v) is 6.02. The highest BCUT2D eigenvalue weighted by Crippen LogP contribution is 2.40. The molecule has 0 aliphatic heterocycles. The lowest BCUT2D eigenvalue weighted by molar-refractivity contribution is 0.00569. The molecule has 0 spiro atoms. The topological polar surface area (TPSA) is 20.2 Å². The number of aliphatic hydroxyl groups is 1. The third kappa shape index (κ3) is 4.21. The minimum atomic E-state index is 0.0142. The first-order valence-electron chi connectivity index (χ1n) is 8.92. The van der Waals surface area contributed by atoms with Crippen molar-refractivity contribution >= 4 is 0 Å². The van der Waals surface area contributed by atoms with Crippen molar-refractivity contribution in [2.24, 2.45) is 23.7 Å². The summed E-state index contributed by atoms with van der Waals surface area (Å²) in [6, 6.07) is 0. The summed E-state index contributed by atoms with van der Waals surface area (Å²) in [7, 11) is 0. The van der Waals surface area contributed by atoms with Crippen LogP contribution in [0.4, 0.5) is 0 Å². The van der Waals surface area contributed by atoms with Crippen LogP contribution >= 0.6 is 0 Å². The van der Waals surface area contributed by atoms with Crippen LogP contribution in [0.15, 0.2) is 0 Å². The molecule has 2 rings (SSSR count). The van der Waals surface area contributed by atoms with E-state index < -0.39 is 0 Å². The SMILES string of the molecule is CCCC1CCC(C(O)C2CCC(CC)CC2)CC1. The van der Waals surface area contributed by atoms with Crippen molar-refractivity contribution in [2.75, 3.05) is 0 Å². The molecule has 0 aromatic heterocycles. The van der Waals surface area contributed by atoms with E-state index in [0.29, 0.717) is 11.8 Å². The van der Waals surface area contributed by atoms with Crippen LogP contribution < -0.4 is 0 Å². The fourth-order valence-electron chi connectivity index (χ4n) is 4.55. The highest BCUT2D eigenvalue weighted by atomic mass is 16.3. The van der Waals surface area contributed by atoms with Gasteiger partial charge < -0.3 is 5.11 Å². The number of hydrogen-bond donors (Lipinski definition) is 1. The van der Waals surface area contributed by atoms with E-state index in [1.54, 1.807) is 0 Å². The summed E-state index contributed by atoms with van der Waals surface area (Å²) in [5.41, 5.74) is 0. The third-order valence-electron chi connectivity index (χ3n) is 6.02. The summed E-state index contributed by atoms with van der Waals surface area (Å²) in [5.74, 6) is 3.15. The molecule has 0 aromatic rings. The molecule has 2 saturated carbocycles. The Labute approximate surface area is 120 Å². The second kappa shape index (κ2) is 7.67. The summed E-state index contributed by atoms with van der Waals surface area (Å²) in [5, 5.41) is 10.7. The van der Waals surface area contributed by atoms with Crippen molar-refractivity contribution in [2.45, 2.75) is 90.6 Å². The molecule has 112 valence electrons. The van der Waals surface area contributed by atoms with Crippen LogP contribution in [0.3, 0.4) is 0 Å². The second-order valence-corrected chi connectivity index (χ2v) is 7.25. The summed E-state index contributed by atoms with van der Waals surface area (Å²) >= 11 is 0. The van der Waals surface area contributed by atoms with Crippen LogP contribution in [0, 0.1) is 23.7 Å². The molecule has 19 heavy (non-hydrogen) atoms. The van der Waals surface area contributed by atoms with Crippen LogP contribution in [0.1, 0.15) is 84.5 Å². The molecule has 0 amide bonds. The van der Waals surface area contributed by atoms with Gasteiger partial charge >= 0.3 is 0 Å². The van der Waals surface area contributed by atoms with Gasteiger partial charge in [0.1, 0.15) is 0 Å². The lowest BCUT2D eigenvalue weighted by Crippen LogP contribution is -2.34. The zero-order valence-corrected chi connectivity index (χ0v) is 13.1. The average Bonchev–Trinajstić information content (AvgIpc) is 2.48. The van der Waals surface area contributed by atoms with Crippen molar-refractivity contribution < 1.29 is 5.11 Å². The van der Waals surface area contributed by atoms with Crippen LogP contribution in [0.25, 0.3) is 0 Å². The first-order valence-corrected chi connectivity index (χ1v) is 8.92. The van der Waals surface area contributed by atoms with Gasteiger partial charge in [-0.3, -0.25) is 0 Å². The van der Waals surface area contributed by atoms with E-state index in [0.717, 1.165) is 11.8 Å². The molecule has 1 N–H and O–H groups in total. The van der Waals surface area contributed by atoms with Crippen molar-refractivity contribution in [1.29, 1.82) is 0 Å². The summed E-state index contributed by atoms with van der Waals surface area (Å²) < 4.78 is 0. The molecule has 1 unspecified atom stereocenters. The maximum Gasteiger partial charge on any atom is 0.0596 e. The van der Waals surface area contributed by atoms with Gasteiger partial charge in [0.2, 0.25) is 0 Å². The van der Waals surface area contributed by atoms with Gasteiger partial charge in [-0.15, -0.1) is 0 Å². The Kier molecular flexibility index (Phi) is 6.19. The molecule has 1 heteroatoms. The highest BCUT2D eigenvalue weighted by molar-refractivity contribution is 4.84. The second-order valence-electron chi connectivity index (χ2n) is 7.25. The smallest absolute Gasteiger partial charge is 0.0596 e. The van der Waals surface area contributed by atoms with Gasteiger partial charge in [-0.1, -0.05) is 58.8 Å². The molecular weight excluding hydrogens is 232 g/mol. The molecule has 0 saturated heterocycles. The van der Waals surface area contributed by atoms with E-state index >= 15 is 0 Å². The standard InChI is InChI=1S/C18H34O/c1-3-5-15-8-12-17(13-9-15)18(19)16-10-6-14(4-2)7-11-16/h14-19H,3-13H2,1-2H3. The van der Waals surface area contributed by atoms with Crippen LogP contribution in [-0.2, 0) is 0 Å². The number of aliphatic hydroxyl groups excluding tert-OH is 1. The van der Waals surface area contributed by atoms with E-state index in [1.807, 2.05) is 0 Å². The molecule has 2 aliphatic carbocycles. The van der Waals surface area contributed by atoms with Gasteiger partial charge in [-0.2, -0.15) is 0 Å². The Bertz CT molecular complexity index is 234. The van der Waals surface area contributed by atoms with Crippen molar-refractivity contribution in [3.63, 3.8) is 0 Å². The normalized spacial score (nSPS) is 38.1. The van der Waals surface area contributed by atoms with Crippen molar-refractivity contribution in [1.82, 2.24) is 0 Å². The van der Waals surface area contributed by atoms with Gasteiger partial charge in [-0.05, 0) is 49.4 Å². The van der Waals surface area contributed by atoms with Gasteiger partial charge in [0.15, 0.2) is 0 Å². The number of hydrogen-bond acceptors (Lipinski definition) is 1. The maximum absolute atomic E-state index is 10.7. The Morgan fingerprint density at radius 3 is 1.68 bits per heavy atom. The Morgan fingerprint density at radius 1 is 0.789 bits per heavy atom. The van der Waals surface area contributed by atoms with Gasteiger partial charge in [0.05, 0.1) is 6.10 Å². The van der Waals surface area contributed by atoms with Crippen LogP contribution in [0.5, 0.6) is 0 Å². The first kappa shape index (κ1) is 15.4. The highest BCUT2D eigenvalue weighted by Gasteiger charge is 2.33. The van der Waals surface area contributed by atoms with E-state index in [4.69, 9.17) is 0 Å². The van der Waals surface area contributed by atoms with Gasteiger partial charge in [-0.25, -0.2) is 0 Å². The predicted molar refractivity (Wildman–Crippen MR) is 82.1 cm³/mol. The van der Waals surface area contributed by atoms with Crippen molar-refractivity contribution in [3.05, 3.63) is 0 Å². The first-order chi connectivity index (χ1) is 9.24. The van der Waals surface area contributed by atoms with Crippen molar-refractivity contribution in [3.8, 4) is 0 Å². The van der Waals surface area contributed by atoms with E-state index in [9.17, 15) is 5.11 Å². The quantitative estimate of drug-likeness (QED) is 0.728. The average molecular weight is 266 g/mol.